The van der Waals surface area contributed by atoms with E-state index >= 15 is 0 Å². The standard InChI is InChI=1S/C7H13F2NO2/c1-4(2)7(10,5(8)9)6(11)12-3/h4-5H,10H2,1-3H3. The van der Waals surface area contributed by atoms with Crippen LogP contribution in [-0.4, -0.2) is 25.0 Å². The lowest BCUT2D eigenvalue weighted by Crippen LogP contribution is -2.58. The second-order valence-corrected chi connectivity index (χ2v) is 2.88. The van der Waals surface area contributed by atoms with E-state index in [1.165, 1.54) is 13.8 Å². The summed E-state index contributed by atoms with van der Waals surface area (Å²) >= 11 is 0. The lowest BCUT2D eigenvalue weighted by atomic mass is 9.88. The number of carbonyl (C=O) groups is 1. The van der Waals surface area contributed by atoms with Crippen molar-refractivity contribution < 1.29 is 18.3 Å². The van der Waals surface area contributed by atoms with Gasteiger partial charge in [0.15, 0.2) is 5.54 Å². The molecule has 0 aliphatic rings. The topological polar surface area (TPSA) is 52.3 Å². The number of esters is 1. The molecule has 0 saturated heterocycles. The van der Waals surface area contributed by atoms with Crippen LogP contribution in [0.4, 0.5) is 8.78 Å². The fourth-order valence-electron chi connectivity index (χ4n) is 0.754. The van der Waals surface area contributed by atoms with Gasteiger partial charge in [-0.2, -0.15) is 0 Å². The van der Waals surface area contributed by atoms with Crippen molar-refractivity contribution in [2.75, 3.05) is 7.11 Å². The molecule has 0 radical (unpaired) electrons. The van der Waals surface area contributed by atoms with Crippen molar-refractivity contribution in [3.63, 3.8) is 0 Å². The molecule has 0 aliphatic heterocycles. The summed E-state index contributed by atoms with van der Waals surface area (Å²) in [5.41, 5.74) is 3.03. The van der Waals surface area contributed by atoms with Crippen LogP contribution in [0.15, 0.2) is 0 Å². The average Bonchev–Trinajstić information content (AvgIpc) is 2.00. The maximum atomic E-state index is 12.3. The van der Waals surface area contributed by atoms with Crippen LogP contribution in [0.1, 0.15) is 13.8 Å². The van der Waals surface area contributed by atoms with E-state index in [4.69, 9.17) is 5.73 Å². The van der Waals surface area contributed by atoms with Gasteiger partial charge in [-0.25, -0.2) is 13.6 Å². The summed E-state index contributed by atoms with van der Waals surface area (Å²) in [6.07, 6.45) is -2.91. The van der Waals surface area contributed by atoms with Gasteiger partial charge in [-0.1, -0.05) is 13.8 Å². The zero-order chi connectivity index (χ0) is 9.94. The fourth-order valence-corrected chi connectivity index (χ4v) is 0.754. The number of hydrogen-bond acceptors (Lipinski definition) is 3. The lowest BCUT2D eigenvalue weighted by molar-refractivity contribution is -0.156. The fraction of sp³-hybridized carbons (Fsp3) is 0.857. The van der Waals surface area contributed by atoms with E-state index in [1.807, 2.05) is 0 Å². The first-order valence-corrected chi connectivity index (χ1v) is 3.52. The van der Waals surface area contributed by atoms with Crippen LogP contribution in [0.3, 0.4) is 0 Å². The molecule has 0 heterocycles. The van der Waals surface area contributed by atoms with Gasteiger partial charge in [0.1, 0.15) is 0 Å². The molecule has 1 unspecified atom stereocenters. The molecular weight excluding hydrogens is 168 g/mol. The monoisotopic (exact) mass is 181 g/mol. The Morgan fingerprint density at radius 3 is 2.00 bits per heavy atom. The Morgan fingerprint density at radius 1 is 1.50 bits per heavy atom. The summed E-state index contributed by atoms with van der Waals surface area (Å²) in [6.45, 7) is 2.90. The highest BCUT2D eigenvalue weighted by Gasteiger charge is 2.47. The van der Waals surface area contributed by atoms with Crippen LogP contribution in [0.5, 0.6) is 0 Å². The highest BCUT2D eigenvalue weighted by atomic mass is 19.3. The van der Waals surface area contributed by atoms with E-state index < -0.39 is 23.9 Å². The zero-order valence-corrected chi connectivity index (χ0v) is 7.30. The third kappa shape index (κ3) is 1.72. The molecule has 2 N–H and O–H groups in total. The van der Waals surface area contributed by atoms with E-state index in [0.717, 1.165) is 7.11 Å². The molecule has 0 aromatic rings. The number of hydrogen-bond donors (Lipinski definition) is 1. The second kappa shape index (κ2) is 3.80. The molecule has 0 fully saturated rings. The Balaban J connectivity index is 4.74. The SMILES string of the molecule is COC(=O)C(N)(C(C)C)C(F)F. The third-order valence-corrected chi connectivity index (χ3v) is 1.86. The summed E-state index contributed by atoms with van der Waals surface area (Å²) in [6, 6.07) is 0. The summed E-state index contributed by atoms with van der Waals surface area (Å²) in [5, 5.41) is 0. The Labute approximate surface area is 69.9 Å². The third-order valence-electron chi connectivity index (χ3n) is 1.86. The van der Waals surface area contributed by atoms with Crippen molar-refractivity contribution in [1.29, 1.82) is 0 Å². The van der Waals surface area contributed by atoms with Gasteiger partial charge in [-0.05, 0) is 5.92 Å². The summed E-state index contributed by atoms with van der Waals surface area (Å²) in [5.74, 6) is -1.74. The number of halogens is 2. The van der Waals surface area contributed by atoms with Crippen LogP contribution in [0, 0.1) is 5.92 Å². The largest absolute Gasteiger partial charge is 0.467 e. The minimum atomic E-state index is -2.91. The van der Waals surface area contributed by atoms with Crippen LogP contribution >= 0.6 is 0 Å². The van der Waals surface area contributed by atoms with Crippen molar-refractivity contribution >= 4 is 5.97 Å². The normalized spacial score (nSPS) is 16.3. The molecule has 0 aromatic heterocycles. The highest BCUT2D eigenvalue weighted by Crippen LogP contribution is 2.23. The molecule has 0 saturated carbocycles. The van der Waals surface area contributed by atoms with E-state index in [0.29, 0.717) is 0 Å². The van der Waals surface area contributed by atoms with Crippen LogP contribution < -0.4 is 5.73 Å². The highest BCUT2D eigenvalue weighted by molar-refractivity contribution is 5.81. The quantitative estimate of drug-likeness (QED) is 0.654. The first kappa shape index (κ1) is 11.3. The van der Waals surface area contributed by atoms with E-state index in [1.54, 1.807) is 0 Å². The first-order valence-electron chi connectivity index (χ1n) is 3.52. The summed E-state index contributed by atoms with van der Waals surface area (Å²) in [4.78, 5) is 10.9. The molecule has 12 heavy (non-hydrogen) atoms. The number of rotatable bonds is 3. The van der Waals surface area contributed by atoms with Gasteiger partial charge in [-0.3, -0.25) is 0 Å². The lowest BCUT2D eigenvalue weighted by Gasteiger charge is -2.29. The average molecular weight is 181 g/mol. The van der Waals surface area contributed by atoms with Crippen molar-refractivity contribution in [1.82, 2.24) is 0 Å². The van der Waals surface area contributed by atoms with Crippen LogP contribution in [0.2, 0.25) is 0 Å². The van der Waals surface area contributed by atoms with Gasteiger partial charge in [0, 0.05) is 0 Å². The molecule has 5 heteroatoms. The van der Waals surface area contributed by atoms with Gasteiger partial charge in [0.25, 0.3) is 6.43 Å². The Kier molecular flexibility index (Phi) is 3.57. The van der Waals surface area contributed by atoms with E-state index in [9.17, 15) is 13.6 Å². The first-order chi connectivity index (χ1) is 5.37. The molecule has 0 bridgehead atoms. The van der Waals surface area contributed by atoms with Gasteiger partial charge in [0.2, 0.25) is 0 Å². The predicted molar refractivity (Wildman–Crippen MR) is 39.8 cm³/mol. The molecule has 0 rings (SSSR count). The van der Waals surface area contributed by atoms with Crippen molar-refractivity contribution in [3.8, 4) is 0 Å². The van der Waals surface area contributed by atoms with E-state index in [2.05, 4.69) is 4.74 Å². The minimum Gasteiger partial charge on any atom is -0.467 e. The predicted octanol–water partition coefficient (Wildman–Crippen LogP) is 0.778. The molecule has 3 nitrogen and oxygen atoms in total. The smallest absolute Gasteiger partial charge is 0.332 e. The summed E-state index contributed by atoms with van der Waals surface area (Å²) < 4.78 is 28.9. The Morgan fingerprint density at radius 2 is 1.92 bits per heavy atom. The molecule has 0 amide bonds. The van der Waals surface area contributed by atoms with Crippen molar-refractivity contribution in [2.24, 2.45) is 11.7 Å². The molecule has 72 valence electrons. The van der Waals surface area contributed by atoms with Crippen LogP contribution in [-0.2, 0) is 9.53 Å². The van der Waals surface area contributed by atoms with Gasteiger partial charge < -0.3 is 10.5 Å². The number of nitrogens with two attached hydrogens (primary N) is 1. The van der Waals surface area contributed by atoms with Crippen LogP contribution in [0.25, 0.3) is 0 Å². The second-order valence-electron chi connectivity index (χ2n) is 2.88. The molecule has 0 aliphatic carbocycles. The number of methoxy groups -OCH3 is 1. The van der Waals surface area contributed by atoms with Crippen molar-refractivity contribution in [3.05, 3.63) is 0 Å². The maximum absolute atomic E-state index is 12.3. The minimum absolute atomic E-state index is 0.662. The molecular formula is C7H13F2NO2. The number of ether oxygens (including phenoxy) is 1. The molecule has 0 spiro atoms. The van der Waals surface area contributed by atoms with Gasteiger partial charge in [0.05, 0.1) is 7.11 Å². The Hall–Kier alpha value is -0.710. The van der Waals surface area contributed by atoms with E-state index in [-0.39, 0.29) is 0 Å². The zero-order valence-electron chi connectivity index (χ0n) is 7.30. The molecule has 1 atom stereocenters. The Bertz CT molecular complexity index is 163. The summed E-state index contributed by atoms with van der Waals surface area (Å²) in [7, 11) is 1.04. The van der Waals surface area contributed by atoms with Gasteiger partial charge >= 0.3 is 5.97 Å². The van der Waals surface area contributed by atoms with Crippen molar-refractivity contribution in [2.45, 2.75) is 25.8 Å². The molecule has 0 aromatic carbocycles. The van der Waals surface area contributed by atoms with Gasteiger partial charge in [-0.15, -0.1) is 0 Å². The maximum Gasteiger partial charge on any atom is 0.332 e. The number of carbonyl (C=O) groups excluding carboxylic acids is 1. The number of alkyl halides is 2.